The first-order valence-electron chi connectivity index (χ1n) is 5.99. The van der Waals surface area contributed by atoms with Crippen LogP contribution in [0.5, 0.6) is 0 Å². The van der Waals surface area contributed by atoms with Gasteiger partial charge in [-0.2, -0.15) is 0 Å². The lowest BCUT2D eigenvalue weighted by molar-refractivity contribution is -0.157. The molecule has 2 saturated heterocycles. The fraction of sp³-hybridized carbons (Fsp3) is 0.917. The molecule has 92 valence electrons. The summed E-state index contributed by atoms with van der Waals surface area (Å²) in [5, 5.41) is 3.31. The van der Waals surface area contributed by atoms with Crippen molar-refractivity contribution in [3.8, 4) is 0 Å². The van der Waals surface area contributed by atoms with Crippen LogP contribution in [0.3, 0.4) is 0 Å². The van der Waals surface area contributed by atoms with Gasteiger partial charge >= 0.3 is 5.97 Å². The second kappa shape index (κ2) is 4.00. The van der Waals surface area contributed by atoms with Gasteiger partial charge in [-0.15, -0.1) is 0 Å². The molecule has 2 heterocycles. The third-order valence-electron chi connectivity index (χ3n) is 3.02. The van der Waals surface area contributed by atoms with E-state index in [0.717, 1.165) is 12.8 Å². The zero-order valence-electron chi connectivity index (χ0n) is 10.4. The predicted molar refractivity (Wildman–Crippen MR) is 60.1 cm³/mol. The minimum absolute atomic E-state index is 0.154. The topological polar surface area (TPSA) is 47.6 Å². The molecule has 0 saturated carbocycles. The molecular weight excluding hydrogens is 206 g/mol. The first kappa shape index (κ1) is 11.9. The van der Waals surface area contributed by atoms with Gasteiger partial charge in [0.1, 0.15) is 11.6 Å². The summed E-state index contributed by atoms with van der Waals surface area (Å²) in [6, 6.07) is 0.134. The number of esters is 1. The standard InChI is InChI=1S/C12H21NO3/c1-7-5-8-10(15-7)6-9(13-8)11(14)16-12(2,3)4/h7-10,13H,5-6H2,1-4H3/t7-,8+,9+,10+/m1/s1. The van der Waals surface area contributed by atoms with Crippen LogP contribution in [-0.2, 0) is 14.3 Å². The molecule has 0 aromatic rings. The van der Waals surface area contributed by atoms with Crippen molar-refractivity contribution in [2.24, 2.45) is 0 Å². The fourth-order valence-electron chi connectivity index (χ4n) is 2.45. The van der Waals surface area contributed by atoms with Gasteiger partial charge in [-0.3, -0.25) is 10.1 Å². The average Bonchev–Trinajstić information content (AvgIpc) is 2.56. The maximum absolute atomic E-state index is 11.8. The van der Waals surface area contributed by atoms with Gasteiger partial charge in [-0.1, -0.05) is 0 Å². The molecule has 4 atom stereocenters. The lowest BCUT2D eigenvalue weighted by atomic mass is 10.1. The summed E-state index contributed by atoms with van der Waals surface area (Å²) in [4.78, 5) is 11.8. The zero-order valence-corrected chi connectivity index (χ0v) is 10.4. The smallest absolute Gasteiger partial charge is 0.323 e. The van der Waals surface area contributed by atoms with Crippen molar-refractivity contribution in [1.29, 1.82) is 0 Å². The van der Waals surface area contributed by atoms with Crippen LogP contribution in [0.4, 0.5) is 0 Å². The van der Waals surface area contributed by atoms with Crippen molar-refractivity contribution in [3.63, 3.8) is 0 Å². The highest BCUT2D eigenvalue weighted by molar-refractivity contribution is 5.76. The summed E-state index contributed by atoms with van der Waals surface area (Å²) in [5.74, 6) is -0.154. The van der Waals surface area contributed by atoms with E-state index in [9.17, 15) is 4.79 Å². The quantitative estimate of drug-likeness (QED) is 0.685. The first-order valence-corrected chi connectivity index (χ1v) is 5.99. The van der Waals surface area contributed by atoms with Crippen LogP contribution in [0.15, 0.2) is 0 Å². The highest BCUT2D eigenvalue weighted by Crippen LogP contribution is 2.30. The number of hydrogen-bond acceptors (Lipinski definition) is 4. The molecule has 0 aliphatic carbocycles. The molecule has 0 amide bonds. The average molecular weight is 227 g/mol. The number of hydrogen-bond donors (Lipinski definition) is 1. The van der Waals surface area contributed by atoms with E-state index in [0.29, 0.717) is 12.1 Å². The van der Waals surface area contributed by atoms with E-state index in [1.165, 1.54) is 0 Å². The van der Waals surface area contributed by atoms with Gasteiger partial charge in [-0.25, -0.2) is 0 Å². The highest BCUT2D eigenvalue weighted by Gasteiger charge is 2.44. The van der Waals surface area contributed by atoms with E-state index in [-0.39, 0.29) is 18.1 Å². The highest BCUT2D eigenvalue weighted by atomic mass is 16.6. The Bertz CT molecular complexity index is 270. The van der Waals surface area contributed by atoms with Gasteiger partial charge in [0, 0.05) is 12.5 Å². The maximum atomic E-state index is 11.8. The van der Waals surface area contributed by atoms with Crippen molar-refractivity contribution >= 4 is 5.97 Å². The molecule has 0 bridgehead atoms. The summed E-state index contributed by atoms with van der Waals surface area (Å²) in [5.41, 5.74) is -0.412. The summed E-state index contributed by atoms with van der Waals surface area (Å²) in [6.07, 6.45) is 2.23. The van der Waals surface area contributed by atoms with Crippen molar-refractivity contribution in [2.45, 2.75) is 70.4 Å². The summed E-state index contributed by atoms with van der Waals surface area (Å²) >= 11 is 0. The summed E-state index contributed by atoms with van der Waals surface area (Å²) < 4.78 is 11.1. The third-order valence-corrected chi connectivity index (χ3v) is 3.02. The Morgan fingerprint density at radius 2 is 2.06 bits per heavy atom. The van der Waals surface area contributed by atoms with Gasteiger partial charge in [0.05, 0.1) is 12.2 Å². The number of fused-ring (bicyclic) bond motifs is 1. The molecule has 4 nitrogen and oxygen atoms in total. The van der Waals surface area contributed by atoms with Crippen LogP contribution < -0.4 is 5.32 Å². The largest absolute Gasteiger partial charge is 0.459 e. The van der Waals surface area contributed by atoms with E-state index >= 15 is 0 Å². The molecule has 16 heavy (non-hydrogen) atoms. The van der Waals surface area contributed by atoms with E-state index < -0.39 is 5.60 Å². The summed E-state index contributed by atoms with van der Waals surface area (Å²) in [6.45, 7) is 7.74. The SMILES string of the molecule is C[C@@H]1C[C@@H]2N[C@H](C(=O)OC(C)(C)C)C[C@@H]2O1. The normalized spacial score (nSPS) is 38.5. The van der Waals surface area contributed by atoms with Crippen molar-refractivity contribution in [2.75, 3.05) is 0 Å². The lowest BCUT2D eigenvalue weighted by Crippen LogP contribution is -2.40. The number of nitrogens with one attached hydrogen (secondary N) is 1. The van der Waals surface area contributed by atoms with E-state index in [2.05, 4.69) is 12.2 Å². The Kier molecular flexibility index (Phi) is 2.97. The number of carbonyl (C=O) groups is 1. The van der Waals surface area contributed by atoms with Gasteiger partial charge in [0.15, 0.2) is 0 Å². The van der Waals surface area contributed by atoms with Crippen LogP contribution in [-0.4, -0.2) is 35.9 Å². The minimum Gasteiger partial charge on any atom is -0.459 e. The predicted octanol–water partition coefficient (Wildman–Crippen LogP) is 1.24. The number of ether oxygens (including phenoxy) is 2. The molecule has 0 unspecified atom stereocenters. The van der Waals surface area contributed by atoms with Crippen molar-refractivity contribution < 1.29 is 14.3 Å². The lowest BCUT2D eigenvalue weighted by Gasteiger charge is -2.22. The van der Waals surface area contributed by atoms with E-state index in [1.54, 1.807) is 0 Å². The van der Waals surface area contributed by atoms with Crippen LogP contribution in [0.1, 0.15) is 40.5 Å². The Balaban J connectivity index is 1.88. The van der Waals surface area contributed by atoms with E-state index in [1.807, 2.05) is 20.8 Å². The Labute approximate surface area is 96.7 Å². The Morgan fingerprint density at radius 1 is 1.38 bits per heavy atom. The number of carbonyl (C=O) groups excluding carboxylic acids is 1. The van der Waals surface area contributed by atoms with Crippen molar-refractivity contribution in [3.05, 3.63) is 0 Å². The van der Waals surface area contributed by atoms with Gasteiger partial charge < -0.3 is 9.47 Å². The Hall–Kier alpha value is -0.610. The number of rotatable bonds is 1. The monoisotopic (exact) mass is 227 g/mol. The van der Waals surface area contributed by atoms with Crippen LogP contribution in [0.2, 0.25) is 0 Å². The molecule has 2 aliphatic heterocycles. The molecule has 0 radical (unpaired) electrons. The van der Waals surface area contributed by atoms with Crippen LogP contribution in [0.25, 0.3) is 0 Å². The second-order valence-corrected chi connectivity index (χ2v) is 5.82. The van der Waals surface area contributed by atoms with Crippen LogP contribution in [0, 0.1) is 0 Å². The molecule has 1 N–H and O–H groups in total. The van der Waals surface area contributed by atoms with Crippen molar-refractivity contribution in [1.82, 2.24) is 5.32 Å². The van der Waals surface area contributed by atoms with Gasteiger partial charge in [0.25, 0.3) is 0 Å². The van der Waals surface area contributed by atoms with Gasteiger partial charge in [0.2, 0.25) is 0 Å². The Morgan fingerprint density at radius 3 is 2.62 bits per heavy atom. The molecule has 0 aromatic carbocycles. The summed E-state index contributed by atoms with van der Waals surface area (Å²) in [7, 11) is 0. The first-order chi connectivity index (χ1) is 7.35. The van der Waals surface area contributed by atoms with Gasteiger partial charge in [-0.05, 0) is 34.1 Å². The molecule has 2 fully saturated rings. The molecule has 2 rings (SSSR count). The fourth-order valence-corrected chi connectivity index (χ4v) is 2.45. The third kappa shape index (κ3) is 2.55. The van der Waals surface area contributed by atoms with E-state index in [4.69, 9.17) is 9.47 Å². The van der Waals surface area contributed by atoms with Crippen LogP contribution >= 0.6 is 0 Å². The maximum Gasteiger partial charge on any atom is 0.323 e. The zero-order chi connectivity index (χ0) is 11.9. The second-order valence-electron chi connectivity index (χ2n) is 5.82. The molecular formula is C12H21NO3. The molecule has 4 heteroatoms. The molecule has 0 spiro atoms. The minimum atomic E-state index is -0.412. The molecule has 2 aliphatic rings. The molecule has 0 aromatic heterocycles.